The summed E-state index contributed by atoms with van der Waals surface area (Å²) in [4.78, 5) is 16.9. The van der Waals surface area contributed by atoms with E-state index < -0.39 is 0 Å². The van der Waals surface area contributed by atoms with Crippen LogP contribution in [0.2, 0.25) is 5.02 Å². The summed E-state index contributed by atoms with van der Waals surface area (Å²) in [6.45, 7) is 4.29. The van der Waals surface area contributed by atoms with Crippen molar-refractivity contribution in [2.75, 3.05) is 16.4 Å². The molecule has 0 saturated heterocycles. The van der Waals surface area contributed by atoms with E-state index in [2.05, 4.69) is 20.7 Å². The van der Waals surface area contributed by atoms with Crippen molar-refractivity contribution in [3.8, 4) is 0 Å². The number of aromatic nitrogens is 3. The fourth-order valence-corrected chi connectivity index (χ4v) is 3.00. The molecule has 2 N–H and O–H groups in total. The third-order valence-electron chi connectivity index (χ3n) is 3.34. The van der Waals surface area contributed by atoms with Crippen LogP contribution >= 0.6 is 23.4 Å². The van der Waals surface area contributed by atoms with Gasteiger partial charge >= 0.3 is 0 Å². The highest BCUT2D eigenvalue weighted by Gasteiger charge is 2.23. The second-order valence-corrected chi connectivity index (χ2v) is 6.67. The lowest BCUT2D eigenvalue weighted by Crippen LogP contribution is -2.26. The Morgan fingerprint density at radius 3 is 3.09 bits per heavy atom. The number of carbonyl (C=O) groups excluding carboxylic acids is 1. The zero-order valence-corrected chi connectivity index (χ0v) is 14.3. The van der Waals surface area contributed by atoms with Crippen molar-refractivity contribution in [2.24, 2.45) is 0 Å². The molecule has 1 aromatic heterocycles. The standard InChI is InChI=1S/C15H16ClN5OS/c1-3-23-15-19-14-17-9(2)12(8-21(14)20-15)13(22)18-11-6-4-5-10(16)7-11/h4-7H,3,8H2,1-2H3,(H,18,22)(H,17,19,20). The Morgan fingerprint density at radius 1 is 1.52 bits per heavy atom. The van der Waals surface area contributed by atoms with Crippen LogP contribution < -0.4 is 10.6 Å². The summed E-state index contributed by atoms with van der Waals surface area (Å²) < 4.78 is 1.71. The zero-order valence-electron chi connectivity index (χ0n) is 12.8. The molecule has 1 aromatic carbocycles. The Balaban J connectivity index is 1.77. The third kappa shape index (κ3) is 3.51. The van der Waals surface area contributed by atoms with Crippen molar-refractivity contribution in [1.29, 1.82) is 0 Å². The number of fused-ring (bicyclic) bond motifs is 1. The number of allylic oxidation sites excluding steroid dienone is 1. The average molecular weight is 350 g/mol. The van der Waals surface area contributed by atoms with Crippen molar-refractivity contribution in [2.45, 2.75) is 25.5 Å². The maximum absolute atomic E-state index is 12.5. The number of amides is 1. The van der Waals surface area contributed by atoms with Gasteiger partial charge in [0.25, 0.3) is 5.91 Å². The molecule has 0 atom stereocenters. The van der Waals surface area contributed by atoms with Crippen LogP contribution in [0.5, 0.6) is 0 Å². The Bertz CT molecular complexity index is 786. The first-order chi connectivity index (χ1) is 11.1. The van der Waals surface area contributed by atoms with Crippen LogP contribution in [0, 0.1) is 0 Å². The van der Waals surface area contributed by atoms with Crippen LogP contribution in [-0.2, 0) is 11.3 Å². The van der Waals surface area contributed by atoms with E-state index in [4.69, 9.17) is 11.6 Å². The minimum atomic E-state index is -0.178. The maximum Gasteiger partial charge on any atom is 0.255 e. The van der Waals surface area contributed by atoms with Crippen molar-refractivity contribution in [3.05, 3.63) is 40.6 Å². The van der Waals surface area contributed by atoms with Gasteiger partial charge in [-0.1, -0.05) is 36.4 Å². The normalized spacial score (nSPS) is 13.5. The molecular formula is C15H16ClN5OS. The predicted molar refractivity (Wildman–Crippen MR) is 92.8 cm³/mol. The SMILES string of the molecule is CCSc1nc2n(n1)CC(C(=O)Nc1cccc(Cl)c1)=C(C)N2. The first-order valence-electron chi connectivity index (χ1n) is 7.18. The summed E-state index contributed by atoms with van der Waals surface area (Å²) >= 11 is 7.51. The maximum atomic E-state index is 12.5. The summed E-state index contributed by atoms with van der Waals surface area (Å²) in [5, 5.41) is 11.7. The number of hydrogen-bond donors (Lipinski definition) is 2. The molecule has 6 nitrogen and oxygen atoms in total. The second-order valence-electron chi connectivity index (χ2n) is 5.00. The molecule has 1 aliphatic rings. The molecule has 1 amide bonds. The van der Waals surface area contributed by atoms with Gasteiger partial charge in [0.15, 0.2) is 0 Å². The minimum Gasteiger partial charge on any atom is -0.328 e. The van der Waals surface area contributed by atoms with Gasteiger partial charge < -0.3 is 10.6 Å². The van der Waals surface area contributed by atoms with Gasteiger partial charge in [0.05, 0.1) is 12.1 Å². The van der Waals surface area contributed by atoms with E-state index in [-0.39, 0.29) is 5.91 Å². The number of benzene rings is 1. The molecule has 0 aliphatic carbocycles. The Labute approximate surface area is 143 Å². The summed E-state index contributed by atoms with van der Waals surface area (Å²) in [5.41, 5.74) is 2.06. The number of carbonyl (C=O) groups is 1. The Hall–Kier alpha value is -1.99. The van der Waals surface area contributed by atoms with E-state index in [0.29, 0.717) is 33.9 Å². The summed E-state index contributed by atoms with van der Waals surface area (Å²) in [6, 6.07) is 7.07. The van der Waals surface area contributed by atoms with Gasteiger partial charge in [0.1, 0.15) is 0 Å². The number of hydrogen-bond acceptors (Lipinski definition) is 5. The van der Waals surface area contributed by atoms with Crippen molar-refractivity contribution >= 4 is 40.9 Å². The molecule has 23 heavy (non-hydrogen) atoms. The summed E-state index contributed by atoms with van der Waals surface area (Å²) in [5.74, 6) is 1.39. The number of halogens is 1. The molecule has 2 aromatic rings. The highest BCUT2D eigenvalue weighted by molar-refractivity contribution is 7.99. The Morgan fingerprint density at radius 2 is 2.35 bits per heavy atom. The molecule has 0 spiro atoms. The third-order valence-corrected chi connectivity index (χ3v) is 4.30. The number of nitrogens with one attached hydrogen (secondary N) is 2. The first-order valence-corrected chi connectivity index (χ1v) is 8.54. The minimum absolute atomic E-state index is 0.178. The molecule has 1 aliphatic heterocycles. The van der Waals surface area contributed by atoms with Gasteiger partial charge in [-0.15, -0.1) is 5.10 Å². The van der Waals surface area contributed by atoms with Gasteiger partial charge in [-0.25, -0.2) is 4.68 Å². The van der Waals surface area contributed by atoms with Gasteiger partial charge in [-0.05, 0) is 30.9 Å². The highest BCUT2D eigenvalue weighted by Crippen LogP contribution is 2.24. The van der Waals surface area contributed by atoms with Crippen LogP contribution in [0.4, 0.5) is 11.6 Å². The smallest absolute Gasteiger partial charge is 0.255 e. The first kappa shape index (κ1) is 15.9. The summed E-state index contributed by atoms with van der Waals surface area (Å²) in [7, 11) is 0. The average Bonchev–Trinajstić information content (AvgIpc) is 2.88. The molecule has 0 bridgehead atoms. The fraction of sp³-hybridized carbons (Fsp3) is 0.267. The molecule has 3 rings (SSSR count). The topological polar surface area (TPSA) is 71.8 Å². The van der Waals surface area contributed by atoms with Gasteiger partial charge in [-0.2, -0.15) is 4.98 Å². The molecule has 0 unspecified atom stereocenters. The number of anilines is 2. The van der Waals surface area contributed by atoms with Gasteiger partial charge in [-0.3, -0.25) is 4.79 Å². The van der Waals surface area contributed by atoms with E-state index in [0.717, 1.165) is 11.4 Å². The lowest BCUT2D eigenvalue weighted by Gasteiger charge is -2.19. The van der Waals surface area contributed by atoms with E-state index in [1.165, 1.54) is 0 Å². The lowest BCUT2D eigenvalue weighted by molar-refractivity contribution is -0.113. The second kappa shape index (κ2) is 6.64. The quantitative estimate of drug-likeness (QED) is 0.828. The van der Waals surface area contributed by atoms with Crippen LogP contribution in [0.25, 0.3) is 0 Å². The van der Waals surface area contributed by atoms with Crippen molar-refractivity contribution in [1.82, 2.24) is 14.8 Å². The van der Waals surface area contributed by atoms with Gasteiger partial charge in [0.2, 0.25) is 11.1 Å². The fourth-order valence-electron chi connectivity index (χ4n) is 2.24. The predicted octanol–water partition coefficient (Wildman–Crippen LogP) is 3.38. The molecule has 0 fully saturated rings. The van der Waals surface area contributed by atoms with Crippen molar-refractivity contribution < 1.29 is 4.79 Å². The largest absolute Gasteiger partial charge is 0.328 e. The zero-order chi connectivity index (χ0) is 16.4. The van der Waals surface area contributed by atoms with Crippen molar-refractivity contribution in [3.63, 3.8) is 0 Å². The molecule has 0 radical (unpaired) electrons. The molecule has 120 valence electrons. The monoisotopic (exact) mass is 349 g/mol. The van der Waals surface area contributed by atoms with E-state index >= 15 is 0 Å². The van der Waals surface area contributed by atoms with E-state index in [9.17, 15) is 4.79 Å². The molecule has 8 heteroatoms. The van der Waals surface area contributed by atoms with Gasteiger partial charge in [0, 0.05) is 16.4 Å². The van der Waals surface area contributed by atoms with Crippen LogP contribution in [0.15, 0.2) is 40.7 Å². The number of rotatable bonds is 4. The Kier molecular flexibility index (Phi) is 4.58. The van der Waals surface area contributed by atoms with Crippen LogP contribution in [0.3, 0.4) is 0 Å². The molecular weight excluding hydrogens is 334 g/mol. The molecule has 0 saturated carbocycles. The van der Waals surface area contributed by atoms with Crippen LogP contribution in [-0.4, -0.2) is 26.4 Å². The lowest BCUT2D eigenvalue weighted by atomic mass is 10.1. The van der Waals surface area contributed by atoms with E-state index in [1.807, 2.05) is 13.8 Å². The summed E-state index contributed by atoms with van der Waals surface area (Å²) in [6.07, 6.45) is 0. The molecule has 2 heterocycles. The highest BCUT2D eigenvalue weighted by atomic mass is 35.5. The number of nitrogens with zero attached hydrogens (tertiary/aromatic N) is 3. The number of thioether (sulfide) groups is 1. The van der Waals surface area contributed by atoms with Crippen LogP contribution in [0.1, 0.15) is 13.8 Å². The van der Waals surface area contributed by atoms with E-state index in [1.54, 1.807) is 40.7 Å².